The standard InChI is InChI=1S/C15H22N6O/c1-10(2)13-17-15-16-9-12(11(3)21(15)18-13)14(22)20-7-5-19(4)6-8-20/h9-10H,5-8H2,1-4H3. The van der Waals surface area contributed by atoms with Crippen LogP contribution in [0.5, 0.6) is 0 Å². The molecule has 2 aromatic heterocycles. The summed E-state index contributed by atoms with van der Waals surface area (Å²) in [6, 6.07) is 0. The van der Waals surface area contributed by atoms with E-state index in [1.807, 2.05) is 25.7 Å². The zero-order valence-corrected chi connectivity index (χ0v) is 13.6. The largest absolute Gasteiger partial charge is 0.336 e. The molecule has 7 heteroatoms. The highest BCUT2D eigenvalue weighted by Gasteiger charge is 2.23. The Kier molecular flexibility index (Phi) is 3.82. The quantitative estimate of drug-likeness (QED) is 0.826. The predicted molar refractivity (Wildman–Crippen MR) is 83.0 cm³/mol. The molecule has 1 saturated heterocycles. The number of nitrogens with zero attached hydrogens (tertiary/aromatic N) is 6. The van der Waals surface area contributed by atoms with Crippen molar-refractivity contribution in [2.75, 3.05) is 33.2 Å². The molecule has 0 radical (unpaired) electrons. The molecule has 1 amide bonds. The van der Waals surface area contributed by atoms with Gasteiger partial charge in [-0.1, -0.05) is 13.8 Å². The Morgan fingerprint density at radius 1 is 1.23 bits per heavy atom. The first-order valence-electron chi connectivity index (χ1n) is 7.67. The van der Waals surface area contributed by atoms with Crippen LogP contribution in [0.3, 0.4) is 0 Å². The van der Waals surface area contributed by atoms with Crippen molar-refractivity contribution in [2.24, 2.45) is 0 Å². The van der Waals surface area contributed by atoms with Gasteiger partial charge in [0.15, 0.2) is 5.82 Å². The normalized spacial score (nSPS) is 16.7. The SMILES string of the molecule is Cc1c(C(=O)N2CCN(C)CC2)cnc2nc(C(C)C)nn12. The number of hydrogen-bond donors (Lipinski definition) is 0. The van der Waals surface area contributed by atoms with Gasteiger partial charge < -0.3 is 9.80 Å². The first-order chi connectivity index (χ1) is 10.5. The Morgan fingerprint density at radius 2 is 1.91 bits per heavy atom. The van der Waals surface area contributed by atoms with Crippen molar-refractivity contribution >= 4 is 11.7 Å². The number of carbonyl (C=O) groups excluding carboxylic acids is 1. The van der Waals surface area contributed by atoms with Gasteiger partial charge in [-0.15, -0.1) is 5.10 Å². The summed E-state index contributed by atoms with van der Waals surface area (Å²) < 4.78 is 1.68. The minimum Gasteiger partial charge on any atom is -0.336 e. The lowest BCUT2D eigenvalue weighted by atomic mass is 10.2. The van der Waals surface area contributed by atoms with Crippen LogP contribution >= 0.6 is 0 Å². The van der Waals surface area contributed by atoms with E-state index in [2.05, 4.69) is 27.0 Å². The topological polar surface area (TPSA) is 66.6 Å². The molecule has 118 valence electrons. The van der Waals surface area contributed by atoms with E-state index in [0.29, 0.717) is 11.3 Å². The second-order valence-corrected chi connectivity index (χ2v) is 6.19. The van der Waals surface area contributed by atoms with E-state index < -0.39 is 0 Å². The second-order valence-electron chi connectivity index (χ2n) is 6.19. The second kappa shape index (κ2) is 5.64. The summed E-state index contributed by atoms with van der Waals surface area (Å²) in [5, 5.41) is 4.48. The van der Waals surface area contributed by atoms with Crippen LogP contribution in [-0.2, 0) is 0 Å². The summed E-state index contributed by atoms with van der Waals surface area (Å²) in [5.74, 6) is 1.57. The minimum absolute atomic E-state index is 0.0293. The van der Waals surface area contributed by atoms with Crippen molar-refractivity contribution in [2.45, 2.75) is 26.7 Å². The highest BCUT2D eigenvalue weighted by molar-refractivity contribution is 5.95. The predicted octanol–water partition coefficient (Wildman–Crippen LogP) is 0.944. The van der Waals surface area contributed by atoms with Gasteiger partial charge in [-0.2, -0.15) is 4.98 Å². The molecule has 0 aliphatic carbocycles. The Morgan fingerprint density at radius 3 is 2.55 bits per heavy atom. The summed E-state index contributed by atoms with van der Waals surface area (Å²) >= 11 is 0. The molecule has 2 aromatic rings. The van der Waals surface area contributed by atoms with E-state index >= 15 is 0 Å². The number of carbonyl (C=O) groups is 1. The van der Waals surface area contributed by atoms with Gasteiger partial charge >= 0.3 is 0 Å². The summed E-state index contributed by atoms with van der Waals surface area (Å²) in [6.45, 7) is 9.29. The van der Waals surface area contributed by atoms with Crippen LogP contribution in [-0.4, -0.2) is 68.5 Å². The third kappa shape index (κ3) is 2.56. The number of fused-ring (bicyclic) bond motifs is 1. The number of aryl methyl sites for hydroxylation is 1. The molecule has 7 nitrogen and oxygen atoms in total. The van der Waals surface area contributed by atoms with Crippen LogP contribution in [0.15, 0.2) is 6.20 Å². The Labute approximate surface area is 130 Å². The third-order valence-electron chi connectivity index (χ3n) is 4.16. The van der Waals surface area contributed by atoms with Crippen LogP contribution in [0.2, 0.25) is 0 Å². The third-order valence-corrected chi connectivity index (χ3v) is 4.16. The molecule has 0 atom stereocenters. The molecule has 3 rings (SSSR count). The van der Waals surface area contributed by atoms with Crippen molar-refractivity contribution in [3.8, 4) is 0 Å². The Bertz CT molecular complexity index is 699. The molecule has 3 heterocycles. The lowest BCUT2D eigenvalue weighted by molar-refractivity contribution is 0.0662. The van der Waals surface area contributed by atoms with Gasteiger partial charge in [0.2, 0.25) is 0 Å². The minimum atomic E-state index is 0.0293. The lowest BCUT2D eigenvalue weighted by Crippen LogP contribution is -2.47. The van der Waals surface area contributed by atoms with Crippen molar-refractivity contribution in [3.05, 3.63) is 23.3 Å². The van der Waals surface area contributed by atoms with Gasteiger partial charge in [-0.05, 0) is 14.0 Å². The fourth-order valence-electron chi connectivity index (χ4n) is 2.59. The van der Waals surface area contributed by atoms with Crippen molar-refractivity contribution in [1.29, 1.82) is 0 Å². The van der Waals surface area contributed by atoms with E-state index in [4.69, 9.17) is 0 Å². The number of rotatable bonds is 2. The molecule has 1 aliphatic heterocycles. The molecule has 0 saturated carbocycles. The van der Waals surface area contributed by atoms with E-state index in [0.717, 1.165) is 37.7 Å². The summed E-state index contributed by atoms with van der Waals surface area (Å²) in [4.78, 5) is 25.5. The number of hydrogen-bond acceptors (Lipinski definition) is 5. The van der Waals surface area contributed by atoms with Crippen LogP contribution in [0, 0.1) is 6.92 Å². The van der Waals surface area contributed by atoms with Gasteiger partial charge in [0.05, 0.1) is 11.3 Å². The molecule has 0 unspecified atom stereocenters. The summed E-state index contributed by atoms with van der Waals surface area (Å²) in [5.41, 5.74) is 1.41. The zero-order valence-electron chi connectivity index (χ0n) is 13.6. The van der Waals surface area contributed by atoms with E-state index in [9.17, 15) is 4.79 Å². The fourth-order valence-corrected chi connectivity index (χ4v) is 2.59. The molecule has 22 heavy (non-hydrogen) atoms. The van der Waals surface area contributed by atoms with E-state index in [-0.39, 0.29) is 11.8 Å². The maximum Gasteiger partial charge on any atom is 0.257 e. The average Bonchev–Trinajstić information content (AvgIpc) is 2.93. The van der Waals surface area contributed by atoms with Crippen molar-refractivity contribution in [3.63, 3.8) is 0 Å². The molecular formula is C15H22N6O. The molecule has 0 bridgehead atoms. The zero-order chi connectivity index (χ0) is 15.9. The number of amides is 1. The summed E-state index contributed by atoms with van der Waals surface area (Å²) in [7, 11) is 2.07. The lowest BCUT2D eigenvalue weighted by Gasteiger charge is -2.32. The molecule has 1 fully saturated rings. The van der Waals surface area contributed by atoms with Crippen LogP contribution < -0.4 is 0 Å². The first kappa shape index (κ1) is 14.9. The van der Waals surface area contributed by atoms with Gasteiger partial charge in [-0.3, -0.25) is 4.79 Å². The van der Waals surface area contributed by atoms with Crippen molar-refractivity contribution < 1.29 is 4.79 Å². The van der Waals surface area contributed by atoms with E-state index in [1.54, 1.807) is 10.7 Å². The first-order valence-corrected chi connectivity index (χ1v) is 7.67. The molecule has 0 aromatic carbocycles. The maximum atomic E-state index is 12.7. The Balaban J connectivity index is 1.93. The fraction of sp³-hybridized carbons (Fsp3) is 0.600. The summed E-state index contributed by atoms with van der Waals surface area (Å²) in [6.07, 6.45) is 1.63. The number of likely N-dealkylation sites (N-methyl/N-ethyl adjacent to an activating group) is 1. The van der Waals surface area contributed by atoms with Crippen molar-refractivity contribution in [1.82, 2.24) is 29.4 Å². The smallest absolute Gasteiger partial charge is 0.257 e. The molecule has 1 aliphatic rings. The van der Waals surface area contributed by atoms with E-state index in [1.165, 1.54) is 0 Å². The highest BCUT2D eigenvalue weighted by atomic mass is 16.2. The average molecular weight is 302 g/mol. The highest BCUT2D eigenvalue weighted by Crippen LogP contribution is 2.15. The van der Waals surface area contributed by atoms with Crippen LogP contribution in [0.25, 0.3) is 5.78 Å². The van der Waals surface area contributed by atoms with Crippen LogP contribution in [0.4, 0.5) is 0 Å². The van der Waals surface area contributed by atoms with Gasteiger partial charge in [0.25, 0.3) is 11.7 Å². The monoisotopic (exact) mass is 302 g/mol. The molecule has 0 N–H and O–H groups in total. The van der Waals surface area contributed by atoms with Crippen LogP contribution in [0.1, 0.15) is 41.6 Å². The number of piperazine rings is 1. The Hall–Kier alpha value is -2.02. The maximum absolute atomic E-state index is 12.7. The molecule has 0 spiro atoms. The number of aromatic nitrogens is 4. The van der Waals surface area contributed by atoms with Gasteiger partial charge in [-0.25, -0.2) is 9.50 Å². The van der Waals surface area contributed by atoms with Gasteiger partial charge in [0.1, 0.15) is 0 Å². The molecular weight excluding hydrogens is 280 g/mol. The van der Waals surface area contributed by atoms with Gasteiger partial charge in [0, 0.05) is 38.3 Å².